The van der Waals surface area contributed by atoms with Crippen LogP contribution in [0, 0.1) is 5.92 Å². The predicted octanol–water partition coefficient (Wildman–Crippen LogP) is 3.24. The fraction of sp³-hybridized carbons (Fsp3) is 0.588. The number of carbonyl (C=O) groups is 1. The van der Waals surface area contributed by atoms with Gasteiger partial charge in [-0.2, -0.15) is 0 Å². The molecule has 0 aromatic heterocycles. The van der Waals surface area contributed by atoms with Crippen LogP contribution < -0.4 is 0 Å². The minimum absolute atomic E-state index is 0.115. The summed E-state index contributed by atoms with van der Waals surface area (Å²) in [5, 5.41) is 0. The molecule has 1 unspecified atom stereocenters. The van der Waals surface area contributed by atoms with Crippen molar-refractivity contribution in [3.63, 3.8) is 0 Å². The molecule has 1 heterocycles. The Kier molecular flexibility index (Phi) is 5.91. The first-order valence-corrected chi connectivity index (χ1v) is 7.65. The van der Waals surface area contributed by atoms with Crippen molar-refractivity contribution in [1.29, 1.82) is 0 Å². The number of carbonyl (C=O) groups excluding carboxylic acids is 1. The van der Waals surface area contributed by atoms with Crippen molar-refractivity contribution >= 4 is 5.97 Å². The summed E-state index contributed by atoms with van der Waals surface area (Å²) in [7, 11) is 0. The third-order valence-electron chi connectivity index (χ3n) is 3.96. The Morgan fingerprint density at radius 3 is 2.59 bits per heavy atom. The molecule has 2 rings (SSSR count). The van der Waals surface area contributed by atoms with E-state index in [9.17, 15) is 9.18 Å². The minimum atomic E-state index is -1.49. The van der Waals surface area contributed by atoms with Gasteiger partial charge in [0.2, 0.25) is 6.29 Å². The lowest BCUT2D eigenvalue weighted by Gasteiger charge is -2.41. The fourth-order valence-corrected chi connectivity index (χ4v) is 2.76. The minimum Gasteiger partial charge on any atom is -0.433 e. The maximum absolute atomic E-state index is 14.6. The Bertz CT molecular complexity index is 479. The Hall–Kier alpha value is -1.46. The molecule has 1 fully saturated rings. The smallest absolute Gasteiger partial charge is 0.305 e. The molecule has 0 saturated carbocycles. The molecule has 1 aromatic rings. The van der Waals surface area contributed by atoms with Crippen LogP contribution in [0.15, 0.2) is 30.3 Å². The van der Waals surface area contributed by atoms with Gasteiger partial charge >= 0.3 is 5.97 Å². The number of rotatable bonds is 5. The molecule has 0 radical (unpaired) electrons. The van der Waals surface area contributed by atoms with Gasteiger partial charge in [0.15, 0.2) is 6.17 Å². The number of halogens is 1. The summed E-state index contributed by atoms with van der Waals surface area (Å²) < 4.78 is 30.9. The van der Waals surface area contributed by atoms with Gasteiger partial charge in [-0.15, -0.1) is 0 Å². The molecule has 0 amide bonds. The number of hydrogen-bond donors (Lipinski definition) is 0. The van der Waals surface area contributed by atoms with Crippen molar-refractivity contribution in [3.05, 3.63) is 35.9 Å². The number of hydrogen-bond acceptors (Lipinski definition) is 4. The molecule has 1 aliphatic rings. The Morgan fingerprint density at radius 1 is 1.32 bits per heavy atom. The van der Waals surface area contributed by atoms with Crippen LogP contribution in [0.1, 0.15) is 32.8 Å². The Balaban J connectivity index is 2.06. The summed E-state index contributed by atoms with van der Waals surface area (Å²) in [6.45, 7) is 5.42. The number of alkyl halides is 1. The second-order valence-electron chi connectivity index (χ2n) is 5.63. The molecule has 22 heavy (non-hydrogen) atoms. The molecule has 0 N–H and O–H groups in total. The molecule has 0 bridgehead atoms. The number of esters is 1. The van der Waals surface area contributed by atoms with Gasteiger partial charge in [0.25, 0.3) is 0 Å². The molecule has 0 spiro atoms. The van der Waals surface area contributed by atoms with Crippen LogP contribution in [0.4, 0.5) is 4.39 Å². The first kappa shape index (κ1) is 16.9. The van der Waals surface area contributed by atoms with Gasteiger partial charge in [0, 0.05) is 12.8 Å². The van der Waals surface area contributed by atoms with Crippen LogP contribution >= 0.6 is 0 Å². The molecular formula is C17H23FO4. The van der Waals surface area contributed by atoms with Gasteiger partial charge in [0.1, 0.15) is 6.10 Å². The quantitative estimate of drug-likeness (QED) is 0.783. The topological polar surface area (TPSA) is 44.8 Å². The second-order valence-corrected chi connectivity index (χ2v) is 5.63. The lowest BCUT2D eigenvalue weighted by atomic mass is 9.89. The first-order valence-electron chi connectivity index (χ1n) is 7.65. The van der Waals surface area contributed by atoms with E-state index in [0.29, 0.717) is 13.0 Å². The van der Waals surface area contributed by atoms with Crippen LogP contribution in [0.5, 0.6) is 0 Å². The molecule has 1 aromatic carbocycles. The van der Waals surface area contributed by atoms with Crippen LogP contribution in [0.3, 0.4) is 0 Å². The number of benzene rings is 1. The van der Waals surface area contributed by atoms with Crippen molar-refractivity contribution in [2.75, 3.05) is 0 Å². The van der Waals surface area contributed by atoms with Crippen LogP contribution in [0.2, 0.25) is 0 Å². The van der Waals surface area contributed by atoms with Gasteiger partial charge in [-0.25, -0.2) is 4.39 Å². The van der Waals surface area contributed by atoms with Crippen molar-refractivity contribution in [3.8, 4) is 0 Å². The van der Waals surface area contributed by atoms with Gasteiger partial charge in [-0.05, 0) is 12.0 Å². The molecule has 5 atom stereocenters. The summed E-state index contributed by atoms with van der Waals surface area (Å²) >= 11 is 0. The summed E-state index contributed by atoms with van der Waals surface area (Å²) in [4.78, 5) is 11.1. The van der Waals surface area contributed by atoms with E-state index in [1.807, 2.05) is 44.2 Å². The van der Waals surface area contributed by atoms with Gasteiger partial charge in [-0.1, -0.05) is 44.2 Å². The number of ether oxygens (including phenoxy) is 3. The van der Waals surface area contributed by atoms with Crippen LogP contribution in [-0.4, -0.2) is 30.6 Å². The SMILES string of the molecule is CC[C@H]1OC(OC(C)=O)[C@H](F)[C@@H](OCc2ccccc2)[C@@H]1C. The standard InChI is InChI=1S/C17H23FO4/c1-4-14-11(2)16(15(18)17(22-14)21-12(3)19)20-10-13-8-6-5-7-9-13/h5-9,11,14-17H,4,10H2,1-3H3/t11-,14-,15-,16+,17?/m1/s1. The second kappa shape index (κ2) is 7.70. The highest BCUT2D eigenvalue weighted by Gasteiger charge is 2.46. The van der Waals surface area contributed by atoms with E-state index < -0.39 is 24.5 Å². The van der Waals surface area contributed by atoms with Crippen LogP contribution in [-0.2, 0) is 25.6 Å². The third kappa shape index (κ3) is 4.05. The molecule has 4 nitrogen and oxygen atoms in total. The summed E-state index contributed by atoms with van der Waals surface area (Å²) in [6, 6.07) is 9.60. The summed E-state index contributed by atoms with van der Waals surface area (Å²) in [6.07, 6.45) is -2.85. The molecule has 1 saturated heterocycles. The van der Waals surface area contributed by atoms with E-state index in [-0.39, 0.29) is 12.0 Å². The maximum atomic E-state index is 14.6. The van der Waals surface area contributed by atoms with Crippen molar-refractivity contribution in [2.24, 2.45) is 5.92 Å². The lowest BCUT2D eigenvalue weighted by molar-refractivity contribution is -0.267. The molecule has 0 aliphatic carbocycles. The molecular weight excluding hydrogens is 287 g/mol. The van der Waals surface area contributed by atoms with Crippen LogP contribution in [0.25, 0.3) is 0 Å². The normalized spacial score (nSPS) is 31.7. The Morgan fingerprint density at radius 2 is 2.00 bits per heavy atom. The molecule has 122 valence electrons. The highest BCUT2D eigenvalue weighted by molar-refractivity contribution is 5.66. The monoisotopic (exact) mass is 310 g/mol. The highest BCUT2D eigenvalue weighted by atomic mass is 19.1. The largest absolute Gasteiger partial charge is 0.433 e. The van der Waals surface area contributed by atoms with E-state index in [2.05, 4.69) is 0 Å². The summed E-state index contributed by atoms with van der Waals surface area (Å²) in [5.74, 6) is -0.672. The van der Waals surface area contributed by atoms with Crippen molar-refractivity contribution in [2.45, 2.75) is 58.5 Å². The maximum Gasteiger partial charge on any atom is 0.305 e. The van der Waals surface area contributed by atoms with E-state index in [0.717, 1.165) is 5.56 Å². The Labute approximate surface area is 130 Å². The van der Waals surface area contributed by atoms with Gasteiger partial charge in [0.05, 0.1) is 12.7 Å². The third-order valence-corrected chi connectivity index (χ3v) is 3.96. The van der Waals surface area contributed by atoms with E-state index in [4.69, 9.17) is 14.2 Å². The average molecular weight is 310 g/mol. The average Bonchev–Trinajstić information content (AvgIpc) is 2.50. The van der Waals surface area contributed by atoms with Crippen molar-refractivity contribution in [1.82, 2.24) is 0 Å². The highest BCUT2D eigenvalue weighted by Crippen LogP contribution is 2.32. The predicted molar refractivity (Wildman–Crippen MR) is 79.8 cm³/mol. The zero-order valence-corrected chi connectivity index (χ0v) is 13.2. The van der Waals surface area contributed by atoms with E-state index in [1.165, 1.54) is 6.92 Å². The zero-order valence-electron chi connectivity index (χ0n) is 13.2. The molecule has 5 heteroatoms. The van der Waals surface area contributed by atoms with Crippen molar-refractivity contribution < 1.29 is 23.4 Å². The fourth-order valence-electron chi connectivity index (χ4n) is 2.76. The van der Waals surface area contributed by atoms with Gasteiger partial charge in [-0.3, -0.25) is 4.79 Å². The lowest BCUT2D eigenvalue weighted by Crippen LogP contribution is -2.53. The zero-order chi connectivity index (χ0) is 16.1. The van der Waals surface area contributed by atoms with E-state index in [1.54, 1.807) is 0 Å². The summed E-state index contributed by atoms with van der Waals surface area (Å²) in [5.41, 5.74) is 0.977. The van der Waals surface area contributed by atoms with E-state index >= 15 is 0 Å². The first-order chi connectivity index (χ1) is 10.5. The molecule has 1 aliphatic heterocycles. The van der Waals surface area contributed by atoms with Gasteiger partial charge < -0.3 is 14.2 Å².